The van der Waals surface area contributed by atoms with Crippen LogP contribution < -0.4 is 16.4 Å². The summed E-state index contributed by atoms with van der Waals surface area (Å²) in [7, 11) is 4.26. The third kappa shape index (κ3) is 15.8. The van der Waals surface area contributed by atoms with Crippen molar-refractivity contribution in [3.05, 3.63) is 0 Å². The van der Waals surface area contributed by atoms with Gasteiger partial charge in [0.05, 0.1) is 18.4 Å². The number of amides is 6. The van der Waals surface area contributed by atoms with E-state index in [-0.39, 0.29) is 30.6 Å². The van der Waals surface area contributed by atoms with E-state index in [9.17, 15) is 38.7 Å². The summed E-state index contributed by atoms with van der Waals surface area (Å²) in [6.45, 7) is 20.9. The van der Waals surface area contributed by atoms with Gasteiger partial charge in [0.15, 0.2) is 12.1 Å². The van der Waals surface area contributed by atoms with E-state index in [0.29, 0.717) is 58.4 Å². The minimum Gasteiger partial charge on any atom is -0.450 e. The van der Waals surface area contributed by atoms with E-state index >= 15 is 0 Å². The number of aliphatic hydroxyl groups is 1. The molecule has 17 nitrogen and oxygen atoms in total. The lowest BCUT2D eigenvalue weighted by Gasteiger charge is -2.39. The summed E-state index contributed by atoms with van der Waals surface area (Å²) in [6, 6.07) is -6.12. The van der Waals surface area contributed by atoms with Crippen molar-refractivity contribution in [2.45, 2.75) is 182 Å². The first-order valence-electron chi connectivity index (χ1n) is 22.4. The van der Waals surface area contributed by atoms with E-state index in [1.165, 1.54) is 44.8 Å². The number of carbonyl (C=O) groups excluding carboxylic acids is 7. The Labute approximate surface area is 365 Å². The lowest BCUT2D eigenvalue weighted by molar-refractivity contribution is -0.177. The van der Waals surface area contributed by atoms with Crippen LogP contribution in [0.15, 0.2) is 0 Å². The van der Waals surface area contributed by atoms with Crippen LogP contribution in [0.4, 0.5) is 0 Å². The van der Waals surface area contributed by atoms with Crippen molar-refractivity contribution < 1.29 is 48.1 Å². The minimum atomic E-state index is -1.88. The van der Waals surface area contributed by atoms with Crippen LogP contribution in [-0.2, 0) is 43.0 Å². The Kier molecular flexibility index (Phi) is 23.5. The minimum absolute atomic E-state index is 0.119. The summed E-state index contributed by atoms with van der Waals surface area (Å²) in [6.07, 6.45) is 2.89. The van der Waals surface area contributed by atoms with Gasteiger partial charge in [0.1, 0.15) is 24.2 Å². The van der Waals surface area contributed by atoms with Gasteiger partial charge in [0.25, 0.3) is 5.91 Å². The smallest absolute Gasteiger partial charge is 0.332 e. The Bertz CT molecular complexity index is 1460. The second-order valence-electron chi connectivity index (χ2n) is 17.8. The number of primary amides is 1. The molecule has 352 valence electrons. The van der Waals surface area contributed by atoms with Crippen LogP contribution in [-0.4, -0.2) is 155 Å². The monoisotopic (exact) mass is 868 g/mol. The Morgan fingerprint density at radius 2 is 1.36 bits per heavy atom. The molecule has 0 aromatic rings. The van der Waals surface area contributed by atoms with Crippen LogP contribution in [0.5, 0.6) is 0 Å². The predicted octanol–water partition coefficient (Wildman–Crippen LogP) is 2.80. The van der Waals surface area contributed by atoms with Crippen molar-refractivity contribution in [2.75, 3.05) is 41.0 Å². The Hall–Kier alpha value is -3.83. The molecule has 0 aromatic carbocycles. The molecule has 61 heavy (non-hydrogen) atoms. The maximum absolute atomic E-state index is 14.4. The Balaban J connectivity index is 3.48. The molecule has 1 aliphatic heterocycles. The number of hydrogen-bond donors (Lipinski definition) is 4. The lowest BCUT2D eigenvalue weighted by atomic mass is 9.94. The Morgan fingerprint density at radius 3 is 1.85 bits per heavy atom. The zero-order valence-corrected chi connectivity index (χ0v) is 39.7. The SMILES string of the molecule is CCC[C@@H](C(=O)NC(CC(C)C)C(=O)N(C)C(C(=O)OC(C(=O)N(C)[C@@H](CCC)C(N)=O)[C@H](C)CC)C(C)(C)O)N(C)C(=O)C(NC(=O)C1CCCN1COCC)C(C)CC. The van der Waals surface area contributed by atoms with Crippen molar-refractivity contribution in [2.24, 2.45) is 23.5 Å². The quantitative estimate of drug-likeness (QED) is 0.0880. The topological polar surface area (TPSA) is 221 Å². The zero-order chi connectivity index (χ0) is 46.9. The maximum atomic E-state index is 14.4. The molecule has 1 heterocycles. The highest BCUT2D eigenvalue weighted by Crippen LogP contribution is 2.25. The van der Waals surface area contributed by atoms with Gasteiger partial charge in [-0.1, -0.05) is 74.7 Å². The van der Waals surface area contributed by atoms with Gasteiger partial charge in [-0.25, -0.2) is 4.79 Å². The van der Waals surface area contributed by atoms with Crippen molar-refractivity contribution in [1.82, 2.24) is 30.2 Å². The van der Waals surface area contributed by atoms with Gasteiger partial charge >= 0.3 is 5.97 Å². The molecule has 6 unspecified atom stereocenters. The van der Waals surface area contributed by atoms with Gasteiger partial charge in [0, 0.05) is 40.2 Å². The van der Waals surface area contributed by atoms with Gasteiger partial charge in [-0.05, 0) is 71.1 Å². The molecule has 5 N–H and O–H groups in total. The number of rotatable bonds is 27. The summed E-state index contributed by atoms with van der Waals surface area (Å²) >= 11 is 0. The largest absolute Gasteiger partial charge is 0.450 e. The molecule has 17 heteroatoms. The van der Waals surface area contributed by atoms with E-state index in [1.807, 2.05) is 60.3 Å². The number of likely N-dealkylation sites (tertiary alicyclic amines) is 1. The number of likely N-dealkylation sites (N-methyl/N-ethyl adjacent to an activating group) is 3. The van der Waals surface area contributed by atoms with Crippen molar-refractivity contribution >= 4 is 41.4 Å². The highest BCUT2D eigenvalue weighted by Gasteiger charge is 2.46. The van der Waals surface area contributed by atoms with Crippen LogP contribution >= 0.6 is 0 Å². The number of ether oxygens (including phenoxy) is 2. The number of nitrogens with two attached hydrogens (primary N) is 1. The predicted molar refractivity (Wildman–Crippen MR) is 233 cm³/mol. The fraction of sp³-hybridized carbons (Fsp3) is 0.841. The number of nitrogens with one attached hydrogen (secondary N) is 2. The molecular weight excluding hydrogens is 787 g/mol. The van der Waals surface area contributed by atoms with E-state index in [0.717, 1.165) is 11.3 Å². The van der Waals surface area contributed by atoms with Crippen LogP contribution in [0.1, 0.15) is 134 Å². The standard InChI is InChI=1S/C44H81N7O10/c1-15-21-31(37(45)52)48(12)42(57)35(29(9)18-4)61-43(58)36(44(10,11)59)50(14)40(55)30(25-27(6)7)46-38(53)32(22-16-2)49(13)41(56)34(28(8)17-3)47-39(54)33-23-20-24-51(33)26-60-19-5/h27-36,59H,15-26H2,1-14H3,(H2,45,52)(H,46,53)(H,47,54)/t28?,29-,30?,31+,32+,33?,34?,35?,36?/m1/s1. The number of carbonyl (C=O) groups is 7. The highest BCUT2D eigenvalue weighted by molar-refractivity contribution is 5.96. The average Bonchev–Trinajstić information content (AvgIpc) is 3.67. The average molecular weight is 868 g/mol. The molecule has 0 saturated carbocycles. The molecule has 0 aliphatic carbocycles. The van der Waals surface area contributed by atoms with Gasteiger partial charge in [-0.2, -0.15) is 0 Å². The molecule has 6 amide bonds. The second-order valence-corrected chi connectivity index (χ2v) is 17.8. The fourth-order valence-corrected chi connectivity index (χ4v) is 7.79. The first-order chi connectivity index (χ1) is 28.4. The number of hydrogen-bond acceptors (Lipinski definition) is 11. The van der Waals surface area contributed by atoms with Crippen LogP contribution in [0.2, 0.25) is 0 Å². The van der Waals surface area contributed by atoms with Crippen LogP contribution in [0, 0.1) is 17.8 Å². The first kappa shape index (κ1) is 55.2. The van der Waals surface area contributed by atoms with Gasteiger partial charge in [-0.3, -0.25) is 33.7 Å². The third-order valence-corrected chi connectivity index (χ3v) is 11.9. The van der Waals surface area contributed by atoms with Gasteiger partial charge in [0.2, 0.25) is 29.5 Å². The molecular formula is C44H81N7O10. The van der Waals surface area contributed by atoms with E-state index in [4.69, 9.17) is 15.2 Å². The number of nitrogens with zero attached hydrogens (tertiary/aromatic N) is 4. The molecule has 9 atom stereocenters. The Morgan fingerprint density at radius 1 is 0.803 bits per heavy atom. The molecule has 0 spiro atoms. The molecule has 1 saturated heterocycles. The zero-order valence-electron chi connectivity index (χ0n) is 39.7. The van der Waals surface area contributed by atoms with Crippen molar-refractivity contribution in [1.29, 1.82) is 0 Å². The second kappa shape index (κ2) is 25.9. The van der Waals surface area contributed by atoms with E-state index in [1.54, 1.807) is 6.92 Å². The summed E-state index contributed by atoms with van der Waals surface area (Å²) in [5, 5.41) is 17.2. The molecule has 0 radical (unpaired) electrons. The first-order valence-corrected chi connectivity index (χ1v) is 22.4. The molecule has 1 fully saturated rings. The van der Waals surface area contributed by atoms with Crippen LogP contribution in [0.25, 0.3) is 0 Å². The van der Waals surface area contributed by atoms with Gasteiger partial charge in [-0.15, -0.1) is 0 Å². The molecule has 0 bridgehead atoms. The van der Waals surface area contributed by atoms with E-state index in [2.05, 4.69) is 10.6 Å². The molecule has 1 rings (SSSR count). The summed E-state index contributed by atoms with van der Waals surface area (Å²) in [4.78, 5) is 102. The summed E-state index contributed by atoms with van der Waals surface area (Å²) < 4.78 is 11.4. The summed E-state index contributed by atoms with van der Waals surface area (Å²) in [5.74, 6) is -5.29. The maximum Gasteiger partial charge on any atom is 0.332 e. The van der Waals surface area contributed by atoms with Crippen molar-refractivity contribution in [3.8, 4) is 0 Å². The molecule has 0 aromatic heterocycles. The normalized spacial score (nSPS) is 18.5. The number of esters is 1. The molecule has 1 aliphatic rings. The van der Waals surface area contributed by atoms with Crippen LogP contribution in [0.3, 0.4) is 0 Å². The lowest BCUT2D eigenvalue weighted by Crippen LogP contribution is -2.62. The van der Waals surface area contributed by atoms with Gasteiger partial charge < -0.3 is 45.6 Å². The third-order valence-electron chi connectivity index (χ3n) is 11.9. The summed E-state index contributed by atoms with van der Waals surface area (Å²) in [5.41, 5.74) is 3.73. The fourth-order valence-electron chi connectivity index (χ4n) is 7.79. The van der Waals surface area contributed by atoms with E-state index < -0.39 is 89.4 Å². The highest BCUT2D eigenvalue weighted by atomic mass is 16.6. The van der Waals surface area contributed by atoms with Crippen molar-refractivity contribution in [3.63, 3.8) is 0 Å².